The average molecular weight is 208 g/mol. The normalized spacial score (nSPS) is 9.47. The van der Waals surface area contributed by atoms with Crippen molar-refractivity contribution in [3.63, 3.8) is 0 Å². The van der Waals surface area contributed by atoms with E-state index in [1.807, 2.05) is 0 Å². The van der Waals surface area contributed by atoms with E-state index in [0.717, 1.165) is 5.56 Å². The van der Waals surface area contributed by atoms with Gasteiger partial charge in [-0.15, -0.1) is 0 Å². The highest BCUT2D eigenvalue weighted by Gasteiger charge is 2.13. The maximum Gasteiger partial charge on any atom is 0.374 e. The molecule has 80 valence electrons. The van der Waals surface area contributed by atoms with Crippen LogP contribution in [0.5, 0.6) is 5.75 Å². The van der Waals surface area contributed by atoms with Crippen LogP contribution < -0.4 is 4.74 Å². The third kappa shape index (κ3) is 3.09. The van der Waals surface area contributed by atoms with Crippen molar-refractivity contribution in [2.75, 3.05) is 14.2 Å². The monoisotopic (exact) mass is 208 g/mol. The third-order valence-electron chi connectivity index (χ3n) is 1.94. The van der Waals surface area contributed by atoms with E-state index >= 15 is 0 Å². The molecule has 1 aromatic rings. The van der Waals surface area contributed by atoms with Gasteiger partial charge in [-0.2, -0.15) is 0 Å². The molecule has 0 spiro atoms. The van der Waals surface area contributed by atoms with Gasteiger partial charge in [0.2, 0.25) is 5.78 Å². The average Bonchev–Trinajstić information content (AvgIpc) is 2.29. The van der Waals surface area contributed by atoms with Crippen molar-refractivity contribution in [2.24, 2.45) is 0 Å². The molecule has 1 rings (SSSR count). The number of carbonyl (C=O) groups excluding carboxylic acids is 2. The summed E-state index contributed by atoms with van der Waals surface area (Å²) in [5.74, 6) is -0.655. The molecule has 0 aliphatic rings. The molecule has 4 heteroatoms. The minimum atomic E-state index is -0.814. The van der Waals surface area contributed by atoms with Gasteiger partial charge in [-0.1, -0.05) is 12.1 Å². The second kappa shape index (κ2) is 5.14. The first-order valence-electron chi connectivity index (χ1n) is 4.41. The van der Waals surface area contributed by atoms with Crippen LogP contribution in [-0.2, 0) is 20.7 Å². The minimum absolute atomic E-state index is 0.0522. The SMILES string of the molecule is COC(=O)C(=O)Cc1ccc(OC)cc1. The van der Waals surface area contributed by atoms with E-state index in [1.54, 1.807) is 31.4 Å². The molecule has 1 aromatic carbocycles. The third-order valence-corrected chi connectivity index (χ3v) is 1.94. The van der Waals surface area contributed by atoms with Crippen molar-refractivity contribution < 1.29 is 19.1 Å². The maximum atomic E-state index is 11.2. The predicted molar refractivity (Wildman–Crippen MR) is 53.7 cm³/mol. The zero-order valence-electron chi connectivity index (χ0n) is 8.65. The van der Waals surface area contributed by atoms with Crippen molar-refractivity contribution >= 4 is 11.8 Å². The summed E-state index contributed by atoms with van der Waals surface area (Å²) in [5, 5.41) is 0. The number of ether oxygens (including phenoxy) is 2. The van der Waals surface area contributed by atoms with E-state index in [0.29, 0.717) is 5.75 Å². The Morgan fingerprint density at radius 2 is 1.73 bits per heavy atom. The summed E-state index contributed by atoms with van der Waals surface area (Å²) in [6, 6.07) is 6.94. The molecule has 0 aliphatic heterocycles. The molecule has 0 N–H and O–H groups in total. The summed E-state index contributed by atoms with van der Waals surface area (Å²) >= 11 is 0. The molecule has 0 amide bonds. The molecular formula is C11H12O4. The highest BCUT2D eigenvalue weighted by molar-refractivity contribution is 6.34. The van der Waals surface area contributed by atoms with Gasteiger partial charge in [0.05, 0.1) is 14.2 Å². The molecule has 0 aliphatic carbocycles. The van der Waals surface area contributed by atoms with E-state index in [-0.39, 0.29) is 6.42 Å². The van der Waals surface area contributed by atoms with Crippen molar-refractivity contribution in [3.8, 4) is 5.75 Å². The number of benzene rings is 1. The van der Waals surface area contributed by atoms with Gasteiger partial charge >= 0.3 is 5.97 Å². The Kier molecular flexibility index (Phi) is 3.85. The van der Waals surface area contributed by atoms with Gasteiger partial charge < -0.3 is 9.47 Å². The lowest BCUT2D eigenvalue weighted by Gasteiger charge is -2.02. The van der Waals surface area contributed by atoms with E-state index in [1.165, 1.54) is 7.11 Å². The van der Waals surface area contributed by atoms with Gasteiger partial charge in [0.15, 0.2) is 0 Å². The maximum absolute atomic E-state index is 11.2. The van der Waals surface area contributed by atoms with Crippen LogP contribution in [0.15, 0.2) is 24.3 Å². The molecule has 0 saturated heterocycles. The van der Waals surface area contributed by atoms with Crippen LogP contribution in [0.3, 0.4) is 0 Å². The predicted octanol–water partition coefficient (Wildman–Crippen LogP) is 0.980. The quantitative estimate of drug-likeness (QED) is 0.546. The number of methoxy groups -OCH3 is 2. The molecule has 0 fully saturated rings. The van der Waals surface area contributed by atoms with Crippen LogP contribution in [0.25, 0.3) is 0 Å². The summed E-state index contributed by atoms with van der Waals surface area (Å²) < 4.78 is 9.28. The summed E-state index contributed by atoms with van der Waals surface area (Å²) in [6.45, 7) is 0. The Balaban J connectivity index is 2.65. The van der Waals surface area contributed by atoms with Gasteiger partial charge in [-0.25, -0.2) is 4.79 Å². The summed E-state index contributed by atoms with van der Waals surface area (Å²) in [5.41, 5.74) is 0.756. The van der Waals surface area contributed by atoms with Crippen molar-refractivity contribution in [1.29, 1.82) is 0 Å². The molecule has 15 heavy (non-hydrogen) atoms. The topological polar surface area (TPSA) is 52.6 Å². The molecule has 0 aromatic heterocycles. The highest BCUT2D eigenvalue weighted by atomic mass is 16.5. The highest BCUT2D eigenvalue weighted by Crippen LogP contribution is 2.11. The van der Waals surface area contributed by atoms with E-state index < -0.39 is 11.8 Å². The van der Waals surface area contributed by atoms with Crippen molar-refractivity contribution in [3.05, 3.63) is 29.8 Å². The Bertz CT molecular complexity index is 353. The summed E-state index contributed by atoms with van der Waals surface area (Å²) in [4.78, 5) is 22.0. The van der Waals surface area contributed by atoms with Gasteiger partial charge in [-0.3, -0.25) is 4.79 Å². The Morgan fingerprint density at radius 1 is 1.13 bits per heavy atom. The molecular weight excluding hydrogens is 196 g/mol. The van der Waals surface area contributed by atoms with Crippen LogP contribution in [0.2, 0.25) is 0 Å². The molecule has 0 bridgehead atoms. The fraction of sp³-hybridized carbons (Fsp3) is 0.273. The summed E-state index contributed by atoms with van der Waals surface area (Å²) in [6.07, 6.45) is 0.0522. The van der Waals surface area contributed by atoms with Gasteiger partial charge in [-0.05, 0) is 17.7 Å². The number of hydrogen-bond acceptors (Lipinski definition) is 4. The second-order valence-corrected chi connectivity index (χ2v) is 2.94. The second-order valence-electron chi connectivity index (χ2n) is 2.94. The first-order valence-corrected chi connectivity index (χ1v) is 4.41. The van der Waals surface area contributed by atoms with Crippen molar-refractivity contribution in [2.45, 2.75) is 6.42 Å². The fourth-order valence-electron chi connectivity index (χ4n) is 1.11. The van der Waals surface area contributed by atoms with Crippen LogP contribution in [0.4, 0.5) is 0 Å². The molecule has 0 heterocycles. The van der Waals surface area contributed by atoms with Gasteiger partial charge in [0.1, 0.15) is 5.75 Å². The molecule has 0 unspecified atom stereocenters. The number of carbonyl (C=O) groups is 2. The lowest BCUT2D eigenvalue weighted by atomic mass is 10.1. The van der Waals surface area contributed by atoms with Gasteiger partial charge in [0, 0.05) is 6.42 Å². The lowest BCUT2D eigenvalue weighted by molar-refractivity contribution is -0.151. The zero-order valence-corrected chi connectivity index (χ0v) is 8.65. The Morgan fingerprint density at radius 3 is 2.20 bits per heavy atom. The first-order chi connectivity index (χ1) is 7.17. The zero-order chi connectivity index (χ0) is 11.3. The van der Waals surface area contributed by atoms with Crippen LogP contribution in [0, 0.1) is 0 Å². The van der Waals surface area contributed by atoms with E-state index in [9.17, 15) is 9.59 Å². The first kappa shape index (κ1) is 11.2. The van der Waals surface area contributed by atoms with Crippen LogP contribution in [-0.4, -0.2) is 26.0 Å². The van der Waals surface area contributed by atoms with Gasteiger partial charge in [0.25, 0.3) is 0 Å². The fourth-order valence-corrected chi connectivity index (χ4v) is 1.11. The van der Waals surface area contributed by atoms with E-state index in [2.05, 4.69) is 4.74 Å². The molecule has 0 atom stereocenters. The number of rotatable bonds is 4. The van der Waals surface area contributed by atoms with Crippen LogP contribution >= 0.6 is 0 Å². The molecule has 4 nitrogen and oxygen atoms in total. The van der Waals surface area contributed by atoms with E-state index in [4.69, 9.17) is 4.74 Å². The van der Waals surface area contributed by atoms with Crippen LogP contribution in [0.1, 0.15) is 5.56 Å². The molecule has 0 saturated carbocycles. The summed E-state index contributed by atoms with van der Waals surface area (Å²) in [7, 11) is 2.75. The smallest absolute Gasteiger partial charge is 0.374 e. The Labute approximate surface area is 87.8 Å². The lowest BCUT2D eigenvalue weighted by Crippen LogP contribution is -2.17. The largest absolute Gasteiger partial charge is 0.497 e. The number of hydrogen-bond donors (Lipinski definition) is 0. The molecule has 0 radical (unpaired) electrons. The number of esters is 1. The minimum Gasteiger partial charge on any atom is -0.497 e. The van der Waals surface area contributed by atoms with Crippen molar-refractivity contribution in [1.82, 2.24) is 0 Å². The number of Topliss-reactive ketones (excluding diaryl/α,β-unsaturated/α-hetero) is 1. The standard InChI is InChI=1S/C11H12O4/c1-14-9-5-3-8(4-6-9)7-10(12)11(13)15-2/h3-6H,7H2,1-2H3. The number of ketones is 1. The Hall–Kier alpha value is -1.84.